The molecular formula is C13H15N3O2S. The Morgan fingerprint density at radius 3 is 2.63 bits per heavy atom. The maximum atomic E-state index is 12.3. The van der Waals surface area contributed by atoms with E-state index in [4.69, 9.17) is 5.73 Å². The molecule has 1 heterocycles. The SMILES string of the molecule is Cc1ccc(C)c(S(=O)(=O)Nc2ncccc2N)c1. The van der Waals surface area contributed by atoms with Gasteiger partial charge in [-0.2, -0.15) is 0 Å². The van der Waals surface area contributed by atoms with Crippen molar-refractivity contribution in [3.05, 3.63) is 47.7 Å². The van der Waals surface area contributed by atoms with E-state index in [2.05, 4.69) is 9.71 Å². The van der Waals surface area contributed by atoms with Crippen molar-refractivity contribution in [3.8, 4) is 0 Å². The van der Waals surface area contributed by atoms with Crippen molar-refractivity contribution in [2.75, 3.05) is 10.5 Å². The van der Waals surface area contributed by atoms with E-state index in [1.54, 1.807) is 31.2 Å². The fourth-order valence-corrected chi connectivity index (χ4v) is 3.05. The first-order valence-corrected chi connectivity index (χ1v) is 7.19. The number of aryl methyl sites for hydroxylation is 2. The van der Waals surface area contributed by atoms with E-state index in [0.29, 0.717) is 5.56 Å². The molecule has 0 radical (unpaired) electrons. The third-order valence-electron chi connectivity index (χ3n) is 2.70. The maximum Gasteiger partial charge on any atom is 0.263 e. The fourth-order valence-electron chi connectivity index (χ4n) is 1.68. The summed E-state index contributed by atoms with van der Waals surface area (Å²) in [6.45, 7) is 3.59. The van der Waals surface area contributed by atoms with Gasteiger partial charge in [0.15, 0.2) is 5.82 Å². The number of anilines is 2. The molecule has 2 rings (SSSR count). The number of pyridine rings is 1. The summed E-state index contributed by atoms with van der Waals surface area (Å²) < 4.78 is 27.0. The van der Waals surface area contributed by atoms with Gasteiger partial charge in [-0.15, -0.1) is 0 Å². The summed E-state index contributed by atoms with van der Waals surface area (Å²) in [4.78, 5) is 4.16. The summed E-state index contributed by atoms with van der Waals surface area (Å²) in [7, 11) is -3.68. The minimum Gasteiger partial charge on any atom is -0.396 e. The first-order valence-electron chi connectivity index (χ1n) is 5.71. The van der Waals surface area contributed by atoms with Gasteiger partial charge in [0.2, 0.25) is 0 Å². The number of nitrogens with two attached hydrogens (primary N) is 1. The quantitative estimate of drug-likeness (QED) is 0.899. The molecule has 100 valence electrons. The maximum absolute atomic E-state index is 12.3. The molecule has 0 amide bonds. The highest BCUT2D eigenvalue weighted by atomic mass is 32.2. The molecule has 0 bridgehead atoms. The zero-order valence-corrected chi connectivity index (χ0v) is 11.5. The van der Waals surface area contributed by atoms with Crippen LogP contribution in [0.1, 0.15) is 11.1 Å². The van der Waals surface area contributed by atoms with Crippen LogP contribution in [0.3, 0.4) is 0 Å². The summed E-state index contributed by atoms with van der Waals surface area (Å²) >= 11 is 0. The lowest BCUT2D eigenvalue weighted by Gasteiger charge is -2.11. The minimum atomic E-state index is -3.68. The average molecular weight is 277 g/mol. The van der Waals surface area contributed by atoms with E-state index in [1.807, 2.05) is 13.0 Å². The Bertz CT molecular complexity index is 712. The van der Waals surface area contributed by atoms with E-state index in [9.17, 15) is 8.42 Å². The van der Waals surface area contributed by atoms with Gasteiger partial charge in [-0.3, -0.25) is 4.72 Å². The van der Waals surface area contributed by atoms with E-state index in [1.165, 1.54) is 6.20 Å². The zero-order valence-electron chi connectivity index (χ0n) is 10.7. The zero-order chi connectivity index (χ0) is 14.0. The van der Waals surface area contributed by atoms with E-state index in [0.717, 1.165) is 5.56 Å². The van der Waals surface area contributed by atoms with Gasteiger partial charge in [0, 0.05) is 6.20 Å². The molecule has 1 aromatic carbocycles. The van der Waals surface area contributed by atoms with Crippen molar-refractivity contribution >= 4 is 21.5 Å². The molecule has 0 aliphatic rings. The summed E-state index contributed by atoms with van der Waals surface area (Å²) in [5.74, 6) is 0.142. The largest absolute Gasteiger partial charge is 0.396 e. The number of sulfonamides is 1. The van der Waals surface area contributed by atoms with Gasteiger partial charge in [-0.1, -0.05) is 12.1 Å². The summed E-state index contributed by atoms with van der Waals surface area (Å²) in [6.07, 6.45) is 1.48. The van der Waals surface area contributed by atoms with Crippen LogP contribution < -0.4 is 10.5 Å². The van der Waals surface area contributed by atoms with Crippen LogP contribution in [0, 0.1) is 13.8 Å². The number of benzene rings is 1. The van der Waals surface area contributed by atoms with Gasteiger partial charge >= 0.3 is 0 Å². The van der Waals surface area contributed by atoms with Crippen LogP contribution >= 0.6 is 0 Å². The van der Waals surface area contributed by atoms with E-state index in [-0.39, 0.29) is 16.4 Å². The lowest BCUT2D eigenvalue weighted by Crippen LogP contribution is -2.16. The van der Waals surface area contributed by atoms with Crippen molar-refractivity contribution in [2.45, 2.75) is 18.7 Å². The van der Waals surface area contributed by atoms with Crippen molar-refractivity contribution < 1.29 is 8.42 Å². The first kappa shape index (κ1) is 13.4. The van der Waals surface area contributed by atoms with E-state index < -0.39 is 10.0 Å². The summed E-state index contributed by atoms with van der Waals surface area (Å²) in [6, 6.07) is 8.49. The molecule has 0 fully saturated rings. The second-order valence-corrected chi connectivity index (χ2v) is 5.97. The van der Waals surface area contributed by atoms with Gasteiger partial charge in [0.1, 0.15) is 0 Å². The molecule has 0 unspecified atom stereocenters. The Hall–Kier alpha value is -2.08. The van der Waals surface area contributed by atoms with Crippen LogP contribution in [0.15, 0.2) is 41.4 Å². The number of aromatic nitrogens is 1. The third-order valence-corrected chi connectivity index (χ3v) is 4.18. The van der Waals surface area contributed by atoms with Gasteiger partial charge < -0.3 is 5.73 Å². The number of hydrogen-bond acceptors (Lipinski definition) is 4. The number of nitrogens with one attached hydrogen (secondary N) is 1. The van der Waals surface area contributed by atoms with Crippen molar-refractivity contribution in [3.63, 3.8) is 0 Å². The lowest BCUT2D eigenvalue weighted by molar-refractivity contribution is 0.600. The molecule has 0 saturated carbocycles. The second-order valence-electron chi connectivity index (χ2n) is 4.32. The van der Waals surface area contributed by atoms with Crippen molar-refractivity contribution in [1.82, 2.24) is 4.98 Å². The molecule has 0 atom stereocenters. The first-order chi connectivity index (χ1) is 8.90. The number of rotatable bonds is 3. The van der Waals surface area contributed by atoms with Crippen LogP contribution in [0.4, 0.5) is 11.5 Å². The van der Waals surface area contributed by atoms with Gasteiger partial charge in [-0.25, -0.2) is 13.4 Å². The van der Waals surface area contributed by atoms with Crippen LogP contribution in [0.25, 0.3) is 0 Å². The highest BCUT2D eigenvalue weighted by molar-refractivity contribution is 7.92. The predicted octanol–water partition coefficient (Wildman–Crippen LogP) is 2.08. The minimum absolute atomic E-state index is 0.142. The summed E-state index contributed by atoms with van der Waals surface area (Å²) in [5.41, 5.74) is 7.52. The Labute approximate surface area is 112 Å². The van der Waals surface area contributed by atoms with Crippen LogP contribution in [0.5, 0.6) is 0 Å². The van der Waals surface area contributed by atoms with E-state index >= 15 is 0 Å². The smallest absolute Gasteiger partial charge is 0.263 e. The standard InChI is InChI=1S/C13H15N3O2S/c1-9-5-6-10(2)12(8-9)19(17,18)16-13-11(14)4-3-7-15-13/h3-8H,14H2,1-2H3,(H,15,16). The second kappa shape index (κ2) is 4.89. The monoisotopic (exact) mass is 277 g/mol. The number of hydrogen-bond donors (Lipinski definition) is 2. The normalized spacial score (nSPS) is 11.3. The molecule has 0 spiro atoms. The molecule has 19 heavy (non-hydrogen) atoms. The predicted molar refractivity (Wildman–Crippen MR) is 75.4 cm³/mol. The Morgan fingerprint density at radius 2 is 1.95 bits per heavy atom. The average Bonchev–Trinajstić information content (AvgIpc) is 2.35. The highest BCUT2D eigenvalue weighted by Gasteiger charge is 2.18. The molecule has 6 heteroatoms. The van der Waals surface area contributed by atoms with Gasteiger partial charge in [-0.05, 0) is 43.2 Å². The molecule has 0 aliphatic carbocycles. The third kappa shape index (κ3) is 2.85. The fraction of sp³-hybridized carbons (Fsp3) is 0.154. The van der Waals surface area contributed by atoms with Gasteiger partial charge in [0.05, 0.1) is 10.6 Å². The Kier molecular flexibility index (Phi) is 3.44. The lowest BCUT2D eigenvalue weighted by atomic mass is 10.2. The van der Waals surface area contributed by atoms with Crippen LogP contribution in [-0.2, 0) is 10.0 Å². The topological polar surface area (TPSA) is 85.1 Å². The van der Waals surface area contributed by atoms with Crippen LogP contribution in [0.2, 0.25) is 0 Å². The number of nitrogen functional groups attached to an aromatic ring is 1. The molecular weight excluding hydrogens is 262 g/mol. The number of nitrogens with zero attached hydrogens (tertiary/aromatic N) is 1. The molecule has 1 aromatic heterocycles. The molecule has 0 aliphatic heterocycles. The van der Waals surface area contributed by atoms with Crippen molar-refractivity contribution in [1.29, 1.82) is 0 Å². The van der Waals surface area contributed by atoms with Crippen molar-refractivity contribution in [2.24, 2.45) is 0 Å². The highest BCUT2D eigenvalue weighted by Crippen LogP contribution is 2.22. The molecule has 0 saturated heterocycles. The summed E-state index contributed by atoms with van der Waals surface area (Å²) in [5, 5.41) is 0. The molecule has 5 nitrogen and oxygen atoms in total. The molecule has 3 N–H and O–H groups in total. The van der Waals surface area contributed by atoms with Gasteiger partial charge in [0.25, 0.3) is 10.0 Å². The van der Waals surface area contributed by atoms with Crippen LogP contribution in [-0.4, -0.2) is 13.4 Å². The molecule has 2 aromatic rings. The Balaban J connectivity index is 2.44. The Morgan fingerprint density at radius 1 is 1.21 bits per heavy atom.